The molecule has 3 N–H and O–H groups in total. The summed E-state index contributed by atoms with van der Waals surface area (Å²) in [4.78, 5) is 23.3. The van der Waals surface area contributed by atoms with Gasteiger partial charge in [-0.15, -0.1) is 0 Å². The van der Waals surface area contributed by atoms with Crippen LogP contribution < -0.4 is 11.1 Å². The molecule has 0 saturated heterocycles. The highest BCUT2D eigenvalue weighted by Crippen LogP contribution is 2.30. The van der Waals surface area contributed by atoms with Gasteiger partial charge in [-0.3, -0.25) is 15.3 Å². The van der Waals surface area contributed by atoms with Crippen molar-refractivity contribution in [2.75, 3.05) is 7.05 Å². The first-order valence-corrected chi connectivity index (χ1v) is 12.5. The quantitative estimate of drug-likeness (QED) is 0.307. The van der Waals surface area contributed by atoms with Crippen molar-refractivity contribution in [3.8, 4) is 0 Å². The number of benzene rings is 1. The lowest BCUT2D eigenvalue weighted by molar-refractivity contribution is 0.0963. The number of hydrogen-bond donors (Lipinski definition) is 2. The Morgan fingerprint density at radius 2 is 2.10 bits per heavy atom. The Bertz CT molecular complexity index is 683. The Kier molecular flexibility index (Phi) is 6.38. The molecule has 1 aromatic rings. The van der Waals surface area contributed by atoms with E-state index < -0.39 is 5.24 Å². The second-order valence-electron chi connectivity index (χ2n) is 3.56. The average molecular weight is 630 g/mol. The standard InChI is InChI=1S/C12H10ClI3N2O2/c1-18-11(20)6-2-3-7(8(4-6)9(13)19)10-14-5-15-12(17)16-10/h2-5H,17H2,1H3,(H,18,20). The average Bonchev–Trinajstić information content (AvgIpc) is 2.45. The van der Waals surface area contributed by atoms with Gasteiger partial charge in [0.2, 0.25) is 0 Å². The molecule has 0 atom stereocenters. The molecule has 2 rings (SSSR count). The highest BCUT2D eigenvalue weighted by Gasteiger charge is 2.16. The number of amides is 1. The molecule has 0 aliphatic carbocycles. The summed E-state index contributed by atoms with van der Waals surface area (Å²) in [5.74, 6) is -0.225. The molecular weight excluding hydrogens is 620 g/mol. The van der Waals surface area contributed by atoms with E-state index in [9.17, 15) is 9.59 Å². The predicted octanol–water partition coefficient (Wildman–Crippen LogP) is 2.63. The molecule has 1 aromatic carbocycles. The first-order chi connectivity index (χ1) is 9.52. The first kappa shape index (κ1) is 16.8. The Morgan fingerprint density at radius 3 is 2.70 bits per heavy atom. The fourth-order valence-corrected chi connectivity index (χ4v) is 23.2. The molecule has 1 aliphatic rings. The summed E-state index contributed by atoms with van der Waals surface area (Å²) in [7, 11) is 1.56. The van der Waals surface area contributed by atoms with Gasteiger partial charge in [-0.1, -0.05) is 68.3 Å². The van der Waals surface area contributed by atoms with Gasteiger partial charge < -0.3 is 5.32 Å². The molecule has 4 nitrogen and oxygen atoms in total. The van der Waals surface area contributed by atoms with Crippen LogP contribution in [-0.2, 0) is 0 Å². The third kappa shape index (κ3) is 3.99. The van der Waals surface area contributed by atoms with E-state index in [2.05, 4.69) is 7.34 Å². The lowest BCUT2D eigenvalue weighted by Crippen LogP contribution is -2.18. The lowest BCUT2D eigenvalue weighted by atomic mass is 10.1. The Morgan fingerprint density at radius 1 is 1.35 bits per heavy atom. The minimum atomic E-state index is -0.523. The smallest absolute Gasteiger partial charge is 0.253 e. The molecule has 0 aromatic heterocycles. The maximum atomic E-state index is 11.7. The number of halogens is 4. The SMILES string of the molecule is CNC(=O)c1ccc(C2=IC(N)=IC=I2)c(C(=O)Cl)c1. The fraction of sp³-hybridized carbons (Fsp3) is 0.0833. The number of carbonyl (C=O) groups excluding carboxylic acids is 2. The van der Waals surface area contributed by atoms with Crippen molar-refractivity contribution in [1.82, 2.24) is 5.32 Å². The predicted molar refractivity (Wildman–Crippen MR) is 111 cm³/mol. The van der Waals surface area contributed by atoms with Crippen LogP contribution in [-0.4, -0.2) is 23.4 Å². The first-order valence-electron chi connectivity index (χ1n) is 5.32. The van der Waals surface area contributed by atoms with Crippen LogP contribution in [0.1, 0.15) is 26.3 Å². The van der Waals surface area contributed by atoms with Gasteiger partial charge in [-0.25, -0.2) is 0 Å². The maximum absolute atomic E-state index is 11.7. The molecule has 0 fully saturated rings. The highest BCUT2D eigenvalue weighted by molar-refractivity contribution is 14.3. The van der Waals surface area contributed by atoms with Gasteiger partial charge in [-0.2, -0.15) is 0 Å². The van der Waals surface area contributed by atoms with Gasteiger partial charge in [-0.05, 0) is 23.7 Å². The van der Waals surface area contributed by atoms with E-state index >= 15 is 0 Å². The lowest BCUT2D eigenvalue weighted by Gasteiger charge is -2.10. The van der Waals surface area contributed by atoms with Gasteiger partial charge in [0.25, 0.3) is 11.1 Å². The molecular formula is C12H10ClI3N2O2. The van der Waals surface area contributed by atoms with Crippen LogP contribution in [0.4, 0.5) is 0 Å². The van der Waals surface area contributed by atoms with Gasteiger partial charge in [0.05, 0.1) is 3.15 Å². The molecule has 0 bridgehead atoms. The second kappa shape index (κ2) is 7.61. The van der Waals surface area contributed by atoms with Crippen molar-refractivity contribution in [2.45, 2.75) is 0 Å². The van der Waals surface area contributed by atoms with Crippen LogP contribution in [0.2, 0.25) is 0 Å². The number of carbonyl (C=O) groups is 2. The van der Waals surface area contributed by atoms with Gasteiger partial charge >= 0.3 is 0 Å². The molecule has 0 unspecified atom stereocenters. The van der Waals surface area contributed by atoms with Gasteiger partial charge in [0.1, 0.15) is 0 Å². The summed E-state index contributed by atoms with van der Waals surface area (Å²) in [6, 6.07) is 5.14. The van der Waals surface area contributed by atoms with Crippen LogP contribution in [0, 0.1) is 0 Å². The largest absolute Gasteiger partial charge is 0.355 e. The number of nitrogens with two attached hydrogens (primary N) is 1. The molecule has 8 heteroatoms. The van der Waals surface area contributed by atoms with Crippen molar-refractivity contribution in [3.05, 3.63) is 34.9 Å². The minimum Gasteiger partial charge on any atom is -0.355 e. The summed E-state index contributed by atoms with van der Waals surface area (Å²) in [6.45, 7) is 0. The Hall–Kier alpha value is 0.410. The summed E-state index contributed by atoms with van der Waals surface area (Å²) in [6.07, 6.45) is 0. The highest BCUT2D eigenvalue weighted by atomic mass is 127. The molecule has 0 radical (unpaired) electrons. The summed E-state index contributed by atoms with van der Waals surface area (Å²) < 4.78 is 4.74. The van der Waals surface area contributed by atoms with E-state index in [-0.39, 0.29) is 68.1 Å². The number of hydrogen-bond acceptors (Lipinski definition) is 3. The topological polar surface area (TPSA) is 72.2 Å². The zero-order valence-electron chi connectivity index (χ0n) is 10.2. The zero-order valence-corrected chi connectivity index (χ0v) is 17.4. The summed E-state index contributed by atoms with van der Waals surface area (Å²) in [5.41, 5.74) is 7.74. The summed E-state index contributed by atoms with van der Waals surface area (Å²) in [5, 5.41) is 2.02. The second-order valence-corrected chi connectivity index (χ2v) is 17.9. The van der Waals surface area contributed by atoms with Crippen LogP contribution in [0.3, 0.4) is 0 Å². The number of nitrogens with one attached hydrogen (secondary N) is 1. The molecule has 0 saturated carbocycles. The van der Waals surface area contributed by atoms with E-state index in [1.807, 2.05) is 6.07 Å². The van der Waals surface area contributed by atoms with Crippen LogP contribution in [0.15, 0.2) is 18.2 Å². The van der Waals surface area contributed by atoms with Crippen LogP contribution >= 0.6 is 73.8 Å². The van der Waals surface area contributed by atoms with Crippen molar-refractivity contribution >= 4 is 90.1 Å². The monoisotopic (exact) mass is 630 g/mol. The third-order valence-electron chi connectivity index (χ3n) is 2.38. The Balaban J connectivity index is 2.55. The van der Waals surface area contributed by atoms with E-state index in [1.165, 1.54) is 1.52 Å². The van der Waals surface area contributed by atoms with E-state index in [0.717, 1.165) is 7.20 Å². The minimum absolute atomic E-state index is 0.0483. The van der Waals surface area contributed by atoms with Gasteiger partial charge in [0, 0.05) is 25.8 Å². The molecule has 1 heterocycles. The number of rotatable bonds is 3. The molecule has 20 heavy (non-hydrogen) atoms. The van der Waals surface area contributed by atoms with E-state index in [1.54, 1.807) is 19.2 Å². The van der Waals surface area contributed by atoms with Crippen LogP contribution in [0.5, 0.6) is 0 Å². The van der Waals surface area contributed by atoms with Crippen molar-refractivity contribution in [3.63, 3.8) is 0 Å². The maximum Gasteiger partial charge on any atom is 0.253 e. The van der Waals surface area contributed by atoms with Crippen LogP contribution in [0.25, 0.3) is 0 Å². The van der Waals surface area contributed by atoms with Crippen molar-refractivity contribution in [2.24, 2.45) is 5.73 Å². The molecule has 1 amide bonds. The van der Waals surface area contributed by atoms with E-state index in [0.29, 0.717) is 11.1 Å². The van der Waals surface area contributed by atoms with E-state index in [4.69, 9.17) is 17.3 Å². The molecule has 0 spiro atoms. The zero-order chi connectivity index (χ0) is 14.7. The fourth-order valence-electron chi connectivity index (χ4n) is 1.48. The van der Waals surface area contributed by atoms with Crippen molar-refractivity contribution < 1.29 is 9.59 Å². The van der Waals surface area contributed by atoms with Crippen molar-refractivity contribution in [1.29, 1.82) is 0 Å². The Labute approximate surface area is 151 Å². The summed E-state index contributed by atoms with van der Waals surface area (Å²) >= 11 is 5.18. The molecule has 1 aliphatic heterocycles. The van der Waals surface area contributed by atoms with Gasteiger partial charge in [0.15, 0.2) is 0 Å². The molecule has 108 valence electrons. The third-order valence-corrected chi connectivity index (χ3v) is 15.4. The normalized spacial score (nSPS) is 14.8.